The lowest BCUT2D eigenvalue weighted by atomic mass is 9.99. The maximum atomic E-state index is 12.7. The summed E-state index contributed by atoms with van der Waals surface area (Å²) in [5.74, 6) is 1.49. The van der Waals surface area contributed by atoms with Crippen LogP contribution in [0.3, 0.4) is 0 Å². The lowest BCUT2D eigenvalue weighted by molar-refractivity contribution is -0.121. The molecule has 0 unspecified atom stereocenters. The topological polar surface area (TPSA) is 83.9 Å². The van der Waals surface area contributed by atoms with Gasteiger partial charge in [-0.25, -0.2) is 9.97 Å². The molecule has 0 aromatic carbocycles. The van der Waals surface area contributed by atoms with Crippen LogP contribution in [0.25, 0.3) is 11.4 Å². The summed E-state index contributed by atoms with van der Waals surface area (Å²) in [5, 5.41) is 3.14. The Morgan fingerprint density at radius 3 is 2.45 bits per heavy atom. The molecule has 150 valence electrons. The average molecular weight is 390 g/mol. The highest BCUT2D eigenvalue weighted by molar-refractivity contribution is 5.79. The summed E-state index contributed by atoms with van der Waals surface area (Å²) in [6, 6.07) is 9.18. The zero-order valence-corrected chi connectivity index (χ0v) is 17.2. The Bertz CT molecular complexity index is 944. The minimum absolute atomic E-state index is 0.0628. The number of rotatable bonds is 7. The Morgan fingerprint density at radius 1 is 1.07 bits per heavy atom. The number of amides is 1. The highest BCUT2D eigenvalue weighted by atomic mass is 16.1. The zero-order valence-electron chi connectivity index (χ0n) is 17.2. The van der Waals surface area contributed by atoms with Gasteiger partial charge in [-0.3, -0.25) is 14.8 Å². The van der Waals surface area contributed by atoms with Crippen molar-refractivity contribution in [2.45, 2.75) is 26.3 Å². The van der Waals surface area contributed by atoms with Crippen LogP contribution in [0.2, 0.25) is 0 Å². The minimum Gasteiger partial charge on any atom is -0.363 e. The number of nitrogens with zero attached hydrogens (tertiary/aromatic N) is 5. The van der Waals surface area contributed by atoms with Gasteiger partial charge >= 0.3 is 0 Å². The smallest absolute Gasteiger partial charge is 0.225 e. The Hall–Kier alpha value is -3.35. The first-order valence-electron chi connectivity index (χ1n) is 9.59. The quantitative estimate of drug-likeness (QED) is 0.667. The molecule has 0 bridgehead atoms. The van der Waals surface area contributed by atoms with Crippen molar-refractivity contribution in [2.75, 3.05) is 19.0 Å². The molecule has 0 aliphatic rings. The minimum atomic E-state index is -0.235. The van der Waals surface area contributed by atoms with Crippen LogP contribution >= 0.6 is 0 Å². The van der Waals surface area contributed by atoms with Crippen LogP contribution in [0.4, 0.5) is 5.82 Å². The van der Waals surface area contributed by atoms with Crippen LogP contribution in [0.15, 0.2) is 55.1 Å². The van der Waals surface area contributed by atoms with Gasteiger partial charge in [0.15, 0.2) is 5.82 Å². The first-order valence-corrected chi connectivity index (χ1v) is 9.59. The Morgan fingerprint density at radius 2 is 1.83 bits per heavy atom. The van der Waals surface area contributed by atoms with E-state index in [1.165, 1.54) is 0 Å². The van der Waals surface area contributed by atoms with E-state index in [1.807, 2.05) is 49.3 Å². The van der Waals surface area contributed by atoms with Gasteiger partial charge in [-0.15, -0.1) is 0 Å². The molecule has 3 heterocycles. The lowest BCUT2D eigenvalue weighted by Crippen LogP contribution is -2.33. The first kappa shape index (κ1) is 20.4. The number of hydrogen-bond acceptors (Lipinski definition) is 6. The van der Waals surface area contributed by atoms with Crippen LogP contribution in [-0.2, 0) is 11.2 Å². The van der Waals surface area contributed by atoms with Crippen LogP contribution in [0.1, 0.15) is 31.1 Å². The van der Waals surface area contributed by atoms with Crippen molar-refractivity contribution in [3.63, 3.8) is 0 Å². The van der Waals surface area contributed by atoms with Gasteiger partial charge < -0.3 is 10.2 Å². The van der Waals surface area contributed by atoms with Crippen LogP contribution in [0, 0.1) is 5.92 Å². The maximum absolute atomic E-state index is 12.7. The fourth-order valence-corrected chi connectivity index (χ4v) is 2.97. The third-order valence-corrected chi connectivity index (χ3v) is 4.52. The number of carbonyl (C=O) groups is 1. The molecule has 7 heteroatoms. The highest BCUT2D eigenvalue weighted by Gasteiger charge is 2.22. The third kappa shape index (κ3) is 5.34. The SMILES string of the molecule is CC(C)[C@H](NC(=O)Cc1cccnc1)c1cc(N(C)C)nc(-c2ccncc2)n1. The summed E-state index contributed by atoms with van der Waals surface area (Å²) in [6.45, 7) is 4.14. The van der Waals surface area contributed by atoms with E-state index < -0.39 is 0 Å². The van der Waals surface area contributed by atoms with E-state index in [9.17, 15) is 4.79 Å². The van der Waals surface area contributed by atoms with Gasteiger partial charge in [0.05, 0.1) is 18.2 Å². The first-order chi connectivity index (χ1) is 13.9. The van der Waals surface area contributed by atoms with Gasteiger partial charge in [-0.05, 0) is 29.7 Å². The molecule has 1 amide bonds. The summed E-state index contributed by atoms with van der Waals surface area (Å²) >= 11 is 0. The summed E-state index contributed by atoms with van der Waals surface area (Å²) in [7, 11) is 3.88. The van der Waals surface area contributed by atoms with Gasteiger partial charge in [0.2, 0.25) is 5.91 Å². The average Bonchev–Trinajstić information content (AvgIpc) is 2.73. The van der Waals surface area contributed by atoms with E-state index in [4.69, 9.17) is 4.98 Å². The molecule has 29 heavy (non-hydrogen) atoms. The zero-order chi connectivity index (χ0) is 20.8. The van der Waals surface area contributed by atoms with Gasteiger partial charge in [0.1, 0.15) is 5.82 Å². The molecule has 0 fully saturated rings. The fourth-order valence-electron chi connectivity index (χ4n) is 2.97. The van der Waals surface area contributed by atoms with Gasteiger partial charge in [0, 0.05) is 50.5 Å². The molecule has 1 atom stereocenters. The van der Waals surface area contributed by atoms with Gasteiger partial charge in [-0.2, -0.15) is 0 Å². The van der Waals surface area contributed by atoms with E-state index >= 15 is 0 Å². The molecule has 0 saturated heterocycles. The van der Waals surface area contributed by atoms with E-state index in [0.717, 1.165) is 22.6 Å². The van der Waals surface area contributed by atoms with E-state index in [-0.39, 0.29) is 24.3 Å². The van der Waals surface area contributed by atoms with Crippen molar-refractivity contribution in [3.05, 3.63) is 66.4 Å². The maximum Gasteiger partial charge on any atom is 0.225 e. The molecule has 0 aliphatic heterocycles. The van der Waals surface area contributed by atoms with Crippen molar-refractivity contribution in [2.24, 2.45) is 5.92 Å². The molecular weight excluding hydrogens is 364 g/mol. The van der Waals surface area contributed by atoms with Crippen molar-refractivity contribution >= 4 is 11.7 Å². The molecule has 0 aliphatic carbocycles. The van der Waals surface area contributed by atoms with Crippen molar-refractivity contribution < 1.29 is 4.79 Å². The lowest BCUT2D eigenvalue weighted by Gasteiger charge is -2.24. The molecular formula is C22H26N6O. The van der Waals surface area contributed by atoms with E-state index in [0.29, 0.717) is 5.82 Å². The standard InChI is InChI=1S/C22H26N6O/c1-15(2)21(27-20(29)12-16-6-5-9-24-14-16)18-13-19(28(3)4)26-22(25-18)17-7-10-23-11-8-17/h5-11,13-15,21H,12H2,1-4H3,(H,27,29)/t21-/m0/s1. The summed E-state index contributed by atoms with van der Waals surface area (Å²) < 4.78 is 0. The predicted molar refractivity (Wildman–Crippen MR) is 113 cm³/mol. The fraction of sp³-hybridized carbons (Fsp3) is 0.318. The Kier molecular flexibility index (Phi) is 6.49. The van der Waals surface area contributed by atoms with Gasteiger partial charge in [0.25, 0.3) is 0 Å². The predicted octanol–water partition coefficient (Wildman–Crippen LogP) is 3.06. The molecule has 1 N–H and O–H groups in total. The van der Waals surface area contributed by atoms with Crippen LogP contribution < -0.4 is 10.2 Å². The summed E-state index contributed by atoms with van der Waals surface area (Å²) in [5.41, 5.74) is 2.54. The van der Waals surface area contributed by atoms with Crippen molar-refractivity contribution in [3.8, 4) is 11.4 Å². The second-order valence-electron chi connectivity index (χ2n) is 7.43. The van der Waals surface area contributed by atoms with E-state index in [2.05, 4.69) is 34.1 Å². The number of nitrogens with one attached hydrogen (secondary N) is 1. The number of hydrogen-bond donors (Lipinski definition) is 1. The van der Waals surface area contributed by atoms with E-state index in [1.54, 1.807) is 24.8 Å². The second kappa shape index (κ2) is 9.23. The summed E-state index contributed by atoms with van der Waals surface area (Å²) in [4.78, 5) is 32.2. The molecule has 3 rings (SSSR count). The number of anilines is 1. The summed E-state index contributed by atoms with van der Waals surface area (Å²) in [6.07, 6.45) is 7.12. The molecule has 0 saturated carbocycles. The van der Waals surface area contributed by atoms with Crippen molar-refractivity contribution in [1.82, 2.24) is 25.3 Å². The Balaban J connectivity index is 1.91. The molecule has 0 radical (unpaired) electrons. The molecule has 3 aromatic rings. The monoisotopic (exact) mass is 390 g/mol. The normalized spacial score (nSPS) is 11.9. The number of pyridine rings is 2. The molecule has 3 aromatic heterocycles. The Labute approximate surface area is 171 Å². The number of aromatic nitrogens is 4. The largest absolute Gasteiger partial charge is 0.363 e. The van der Waals surface area contributed by atoms with Crippen molar-refractivity contribution in [1.29, 1.82) is 0 Å². The highest BCUT2D eigenvalue weighted by Crippen LogP contribution is 2.26. The third-order valence-electron chi connectivity index (χ3n) is 4.52. The molecule has 0 spiro atoms. The van der Waals surface area contributed by atoms with Crippen LogP contribution in [-0.4, -0.2) is 39.9 Å². The van der Waals surface area contributed by atoms with Crippen LogP contribution in [0.5, 0.6) is 0 Å². The van der Waals surface area contributed by atoms with Gasteiger partial charge in [-0.1, -0.05) is 19.9 Å². The second-order valence-corrected chi connectivity index (χ2v) is 7.43. The number of carbonyl (C=O) groups excluding carboxylic acids is 1. The molecule has 7 nitrogen and oxygen atoms in total.